The Hall–Kier alpha value is -0.460. The van der Waals surface area contributed by atoms with Crippen LogP contribution in [0.2, 0.25) is 0 Å². The fourth-order valence-corrected chi connectivity index (χ4v) is 1.43. The van der Waals surface area contributed by atoms with Crippen LogP contribution in [-0.2, 0) is 0 Å². The van der Waals surface area contributed by atoms with Gasteiger partial charge in [0.15, 0.2) is 0 Å². The third kappa shape index (κ3) is 1.26. The van der Waals surface area contributed by atoms with E-state index in [1.807, 2.05) is 0 Å². The summed E-state index contributed by atoms with van der Waals surface area (Å²) in [6.45, 7) is 9.58. The van der Waals surface area contributed by atoms with Gasteiger partial charge in [0, 0.05) is 18.2 Å². The van der Waals surface area contributed by atoms with Gasteiger partial charge < -0.3 is 5.32 Å². The number of rotatable bonds is 1. The molecule has 52 valence electrons. The fraction of sp³-hybridized carbons (Fsp3) is 0.750. The van der Waals surface area contributed by atoms with Crippen LogP contribution in [0.4, 0.5) is 0 Å². The van der Waals surface area contributed by atoms with Gasteiger partial charge >= 0.3 is 0 Å². The second-order valence-corrected chi connectivity index (χ2v) is 3.09. The highest BCUT2D eigenvalue weighted by Crippen LogP contribution is 2.24. The summed E-state index contributed by atoms with van der Waals surface area (Å²) in [4.78, 5) is 0. The number of allylic oxidation sites excluding steroid dienone is 1. The van der Waals surface area contributed by atoms with Gasteiger partial charge in [0.2, 0.25) is 0 Å². The van der Waals surface area contributed by atoms with Gasteiger partial charge in [0.05, 0.1) is 0 Å². The van der Waals surface area contributed by atoms with Crippen LogP contribution in [0.15, 0.2) is 12.3 Å². The van der Waals surface area contributed by atoms with Crippen molar-refractivity contribution in [3.8, 4) is 0 Å². The van der Waals surface area contributed by atoms with Crippen molar-refractivity contribution in [2.75, 3.05) is 6.54 Å². The highest BCUT2D eigenvalue weighted by atomic mass is 14.9. The zero-order chi connectivity index (χ0) is 6.85. The Labute approximate surface area is 57.1 Å². The molecule has 1 aliphatic rings. The molecule has 1 heterocycles. The third-order valence-corrected chi connectivity index (χ3v) is 2.06. The van der Waals surface area contributed by atoms with E-state index in [-0.39, 0.29) is 0 Å². The van der Waals surface area contributed by atoms with E-state index >= 15 is 0 Å². The number of hydrogen-bond donors (Lipinski definition) is 1. The van der Waals surface area contributed by atoms with Crippen molar-refractivity contribution in [1.82, 2.24) is 5.32 Å². The lowest BCUT2D eigenvalue weighted by Crippen LogP contribution is -2.09. The third-order valence-electron chi connectivity index (χ3n) is 2.06. The van der Waals surface area contributed by atoms with Crippen molar-refractivity contribution >= 4 is 0 Å². The first-order chi connectivity index (χ1) is 4.22. The summed E-state index contributed by atoms with van der Waals surface area (Å²) < 4.78 is 0. The molecule has 0 aromatic rings. The van der Waals surface area contributed by atoms with Crippen molar-refractivity contribution in [3.63, 3.8) is 0 Å². The van der Waals surface area contributed by atoms with Crippen LogP contribution in [0, 0.1) is 11.8 Å². The molecule has 1 fully saturated rings. The number of hydrogen-bond acceptors (Lipinski definition) is 1. The van der Waals surface area contributed by atoms with E-state index in [9.17, 15) is 0 Å². The van der Waals surface area contributed by atoms with Crippen LogP contribution in [-0.4, -0.2) is 6.54 Å². The zero-order valence-corrected chi connectivity index (χ0v) is 6.28. The molecule has 1 unspecified atom stereocenters. The van der Waals surface area contributed by atoms with Crippen molar-refractivity contribution in [3.05, 3.63) is 12.3 Å². The summed E-state index contributed by atoms with van der Waals surface area (Å²) in [5.41, 5.74) is 1.24. The van der Waals surface area contributed by atoms with Gasteiger partial charge in [0.25, 0.3) is 0 Å². The maximum Gasteiger partial charge on any atom is 0.0150 e. The maximum atomic E-state index is 3.95. The van der Waals surface area contributed by atoms with E-state index in [4.69, 9.17) is 0 Å². The Balaban J connectivity index is 2.49. The first-order valence-electron chi connectivity index (χ1n) is 3.64. The summed E-state index contributed by atoms with van der Waals surface area (Å²) in [6.07, 6.45) is 1.27. The normalized spacial score (nSPS) is 27.0. The molecule has 1 nitrogen and oxygen atoms in total. The Kier molecular flexibility index (Phi) is 1.79. The van der Waals surface area contributed by atoms with Crippen LogP contribution < -0.4 is 5.32 Å². The summed E-state index contributed by atoms with van der Waals surface area (Å²) in [5, 5.41) is 3.26. The molecule has 1 saturated heterocycles. The van der Waals surface area contributed by atoms with Crippen LogP contribution in [0.1, 0.15) is 20.3 Å². The molecule has 9 heavy (non-hydrogen) atoms. The largest absolute Gasteiger partial charge is 0.389 e. The minimum Gasteiger partial charge on any atom is -0.389 e. The van der Waals surface area contributed by atoms with Gasteiger partial charge in [-0.15, -0.1) is 0 Å². The molecule has 0 saturated carbocycles. The van der Waals surface area contributed by atoms with Crippen LogP contribution in [0.5, 0.6) is 0 Å². The molecule has 1 N–H and O–H groups in total. The van der Waals surface area contributed by atoms with Crippen LogP contribution in [0.25, 0.3) is 0 Å². The minimum atomic E-state index is 0.727. The van der Waals surface area contributed by atoms with E-state index in [0.29, 0.717) is 0 Å². The van der Waals surface area contributed by atoms with Crippen molar-refractivity contribution in [2.24, 2.45) is 11.8 Å². The molecular weight excluding hydrogens is 110 g/mol. The lowest BCUT2D eigenvalue weighted by atomic mass is 9.93. The fourth-order valence-electron chi connectivity index (χ4n) is 1.43. The quantitative estimate of drug-likeness (QED) is 0.563. The average Bonchev–Trinajstić information content (AvgIpc) is 2.13. The van der Waals surface area contributed by atoms with Gasteiger partial charge in [-0.3, -0.25) is 0 Å². The topological polar surface area (TPSA) is 12.0 Å². The summed E-state index contributed by atoms with van der Waals surface area (Å²) in [7, 11) is 0. The smallest absolute Gasteiger partial charge is 0.0150 e. The molecule has 0 aromatic carbocycles. The molecule has 0 radical (unpaired) electrons. The first kappa shape index (κ1) is 6.66. The van der Waals surface area contributed by atoms with E-state index < -0.39 is 0 Å². The molecule has 0 aromatic heterocycles. The monoisotopic (exact) mass is 125 g/mol. The van der Waals surface area contributed by atoms with Gasteiger partial charge in [0.1, 0.15) is 0 Å². The van der Waals surface area contributed by atoms with Gasteiger partial charge in [-0.05, 0) is 12.3 Å². The maximum absolute atomic E-state index is 3.95. The Morgan fingerprint density at radius 3 is 2.56 bits per heavy atom. The van der Waals surface area contributed by atoms with Crippen molar-refractivity contribution in [1.29, 1.82) is 0 Å². The zero-order valence-electron chi connectivity index (χ0n) is 6.28. The second kappa shape index (κ2) is 2.42. The Morgan fingerprint density at radius 2 is 2.33 bits per heavy atom. The highest BCUT2D eigenvalue weighted by Gasteiger charge is 2.20. The molecule has 1 rings (SSSR count). The summed E-state index contributed by atoms with van der Waals surface area (Å²) >= 11 is 0. The van der Waals surface area contributed by atoms with E-state index in [0.717, 1.165) is 18.4 Å². The predicted molar refractivity (Wildman–Crippen MR) is 40.1 cm³/mol. The van der Waals surface area contributed by atoms with Gasteiger partial charge in [-0.25, -0.2) is 0 Å². The van der Waals surface area contributed by atoms with E-state index in [1.165, 1.54) is 12.1 Å². The van der Waals surface area contributed by atoms with Crippen molar-refractivity contribution in [2.45, 2.75) is 20.3 Å². The standard InChI is InChI=1S/C8H15N/c1-6(2)8-4-5-9-7(8)3/h6,8-9H,3-5H2,1-2H3. The Bertz CT molecular complexity index is 116. The molecule has 1 atom stereocenters. The molecule has 0 amide bonds. The molecular formula is C8H15N. The SMILES string of the molecule is C=C1NCCC1C(C)C. The lowest BCUT2D eigenvalue weighted by molar-refractivity contribution is 0.458. The molecule has 0 aliphatic carbocycles. The Morgan fingerprint density at radius 1 is 1.67 bits per heavy atom. The second-order valence-electron chi connectivity index (χ2n) is 3.09. The summed E-state index contributed by atoms with van der Waals surface area (Å²) in [6, 6.07) is 0. The van der Waals surface area contributed by atoms with Crippen LogP contribution >= 0.6 is 0 Å². The number of nitrogens with one attached hydrogen (secondary N) is 1. The van der Waals surface area contributed by atoms with Crippen LogP contribution in [0.3, 0.4) is 0 Å². The van der Waals surface area contributed by atoms with E-state index in [2.05, 4.69) is 25.7 Å². The predicted octanol–water partition coefficient (Wildman–Crippen LogP) is 1.77. The molecule has 1 heteroatoms. The van der Waals surface area contributed by atoms with Gasteiger partial charge in [-0.1, -0.05) is 20.4 Å². The molecule has 0 bridgehead atoms. The first-order valence-corrected chi connectivity index (χ1v) is 3.64. The average molecular weight is 125 g/mol. The van der Waals surface area contributed by atoms with Gasteiger partial charge in [-0.2, -0.15) is 0 Å². The summed E-state index contributed by atoms with van der Waals surface area (Å²) in [5.74, 6) is 1.48. The highest BCUT2D eigenvalue weighted by molar-refractivity contribution is 5.04. The minimum absolute atomic E-state index is 0.727. The van der Waals surface area contributed by atoms with Crippen molar-refractivity contribution < 1.29 is 0 Å². The lowest BCUT2D eigenvalue weighted by Gasteiger charge is -2.13. The molecule has 0 spiro atoms. The van der Waals surface area contributed by atoms with E-state index in [1.54, 1.807) is 0 Å². The molecule has 1 aliphatic heterocycles.